The van der Waals surface area contributed by atoms with Crippen molar-refractivity contribution in [2.45, 2.75) is 20.5 Å². The number of anilines is 1. The van der Waals surface area contributed by atoms with E-state index in [2.05, 4.69) is 17.5 Å². The highest BCUT2D eigenvalue weighted by molar-refractivity contribution is 5.81. The molecule has 0 aromatic heterocycles. The van der Waals surface area contributed by atoms with Crippen LogP contribution in [0.2, 0.25) is 0 Å². The average Bonchev–Trinajstić information content (AvgIpc) is 2.70. The van der Waals surface area contributed by atoms with Crippen LogP contribution in [0.1, 0.15) is 23.6 Å². The summed E-state index contributed by atoms with van der Waals surface area (Å²) >= 11 is 0. The molecule has 0 unspecified atom stereocenters. The third-order valence-corrected chi connectivity index (χ3v) is 3.96. The smallest absolute Gasteiger partial charge is 0.161 e. The minimum Gasteiger partial charge on any atom is -0.490 e. The van der Waals surface area contributed by atoms with Gasteiger partial charge in [0.2, 0.25) is 0 Å². The second-order valence-corrected chi connectivity index (χ2v) is 6.15. The van der Waals surface area contributed by atoms with E-state index in [1.54, 1.807) is 6.21 Å². The summed E-state index contributed by atoms with van der Waals surface area (Å²) in [6.45, 7) is 5.09. The van der Waals surface area contributed by atoms with Crippen LogP contribution in [-0.4, -0.2) is 12.8 Å². The van der Waals surface area contributed by atoms with Gasteiger partial charge in [-0.15, -0.1) is 0 Å². The van der Waals surface area contributed by atoms with Crippen molar-refractivity contribution in [3.05, 3.63) is 89.5 Å². The van der Waals surface area contributed by atoms with E-state index in [9.17, 15) is 0 Å². The number of nitrogens with one attached hydrogen (secondary N) is 1. The molecule has 4 nitrogen and oxygen atoms in total. The Bertz CT molecular complexity index is 875. The van der Waals surface area contributed by atoms with Gasteiger partial charge < -0.3 is 9.47 Å². The van der Waals surface area contributed by atoms with Crippen molar-refractivity contribution in [2.24, 2.45) is 5.10 Å². The molecule has 4 heteroatoms. The molecule has 1 N–H and O–H groups in total. The van der Waals surface area contributed by atoms with E-state index in [4.69, 9.17) is 9.47 Å². The molecule has 3 rings (SSSR count). The van der Waals surface area contributed by atoms with Crippen LogP contribution in [0.25, 0.3) is 0 Å². The van der Waals surface area contributed by atoms with E-state index >= 15 is 0 Å². The molecule has 3 aromatic rings. The molecule has 0 amide bonds. The van der Waals surface area contributed by atoms with E-state index in [1.165, 1.54) is 5.56 Å². The van der Waals surface area contributed by atoms with E-state index in [-0.39, 0.29) is 0 Å². The zero-order valence-corrected chi connectivity index (χ0v) is 15.7. The Balaban J connectivity index is 1.66. The predicted molar refractivity (Wildman–Crippen MR) is 111 cm³/mol. The van der Waals surface area contributed by atoms with Crippen LogP contribution < -0.4 is 14.9 Å². The van der Waals surface area contributed by atoms with Crippen molar-refractivity contribution >= 4 is 11.9 Å². The van der Waals surface area contributed by atoms with Crippen LogP contribution in [0.5, 0.6) is 11.5 Å². The maximum Gasteiger partial charge on any atom is 0.161 e. The van der Waals surface area contributed by atoms with Crippen LogP contribution in [0.3, 0.4) is 0 Å². The van der Waals surface area contributed by atoms with Gasteiger partial charge >= 0.3 is 0 Å². The lowest BCUT2D eigenvalue weighted by molar-refractivity contribution is 0.269. The molecule has 0 fully saturated rings. The molecular weight excluding hydrogens is 336 g/mol. The van der Waals surface area contributed by atoms with E-state index < -0.39 is 0 Å². The molecule has 0 bridgehead atoms. The first kappa shape index (κ1) is 18.5. The van der Waals surface area contributed by atoms with Gasteiger partial charge in [-0.3, -0.25) is 5.43 Å². The number of rotatable bonds is 8. The number of hydrogen-bond acceptors (Lipinski definition) is 4. The van der Waals surface area contributed by atoms with Crippen molar-refractivity contribution in [3.63, 3.8) is 0 Å². The molecule has 0 spiro atoms. The van der Waals surface area contributed by atoms with Crippen molar-refractivity contribution in [1.82, 2.24) is 0 Å². The average molecular weight is 360 g/mol. The second-order valence-electron chi connectivity index (χ2n) is 6.15. The minimum atomic E-state index is 0.503. The molecule has 0 radical (unpaired) electrons. The Labute approximate surface area is 160 Å². The number of nitrogens with zero attached hydrogens (tertiary/aromatic N) is 1. The second kappa shape index (κ2) is 9.43. The fourth-order valence-electron chi connectivity index (χ4n) is 2.54. The fraction of sp³-hybridized carbons (Fsp3) is 0.174. The Morgan fingerprint density at radius 1 is 0.889 bits per heavy atom. The normalized spacial score (nSPS) is 10.7. The Morgan fingerprint density at radius 3 is 2.41 bits per heavy atom. The third kappa shape index (κ3) is 5.61. The van der Waals surface area contributed by atoms with Gasteiger partial charge in [-0.2, -0.15) is 5.10 Å². The molecule has 0 aliphatic carbocycles. The van der Waals surface area contributed by atoms with E-state index in [1.807, 2.05) is 79.7 Å². The molecule has 27 heavy (non-hydrogen) atoms. The number of ether oxygens (including phenoxy) is 2. The molecular formula is C23H24N2O2. The summed E-state index contributed by atoms with van der Waals surface area (Å²) < 4.78 is 11.7. The molecule has 0 saturated carbocycles. The van der Waals surface area contributed by atoms with Gasteiger partial charge in [0, 0.05) is 0 Å². The van der Waals surface area contributed by atoms with Gasteiger partial charge in [0.05, 0.1) is 18.5 Å². The Morgan fingerprint density at radius 2 is 1.67 bits per heavy atom. The quantitative estimate of drug-likeness (QED) is 0.431. The maximum atomic E-state index is 5.93. The SMILES string of the molecule is CCOc1cc(/C=N/Nc2ccc(C)cc2)ccc1OCc1ccccc1. The first-order valence-corrected chi connectivity index (χ1v) is 9.04. The van der Waals surface area contributed by atoms with Crippen molar-refractivity contribution in [2.75, 3.05) is 12.0 Å². The predicted octanol–water partition coefficient (Wildman–Crippen LogP) is 5.42. The largest absolute Gasteiger partial charge is 0.490 e. The van der Waals surface area contributed by atoms with Crippen molar-refractivity contribution < 1.29 is 9.47 Å². The summed E-state index contributed by atoms with van der Waals surface area (Å²) in [5.41, 5.74) is 7.25. The Kier molecular flexibility index (Phi) is 6.47. The molecule has 3 aromatic carbocycles. The minimum absolute atomic E-state index is 0.503. The zero-order valence-electron chi connectivity index (χ0n) is 15.7. The van der Waals surface area contributed by atoms with E-state index in [0.717, 1.165) is 22.6 Å². The highest BCUT2D eigenvalue weighted by Gasteiger charge is 2.06. The molecule has 0 heterocycles. The lowest BCUT2D eigenvalue weighted by atomic mass is 10.2. The molecule has 0 aliphatic rings. The first-order chi connectivity index (χ1) is 13.2. The summed E-state index contributed by atoms with van der Waals surface area (Å²) in [5.74, 6) is 1.44. The number of hydrazone groups is 1. The number of benzene rings is 3. The highest BCUT2D eigenvalue weighted by atomic mass is 16.5. The maximum absolute atomic E-state index is 5.93. The fourth-order valence-corrected chi connectivity index (χ4v) is 2.54. The third-order valence-electron chi connectivity index (χ3n) is 3.96. The molecule has 138 valence electrons. The topological polar surface area (TPSA) is 42.8 Å². The van der Waals surface area contributed by atoms with Gasteiger partial charge in [0.1, 0.15) is 6.61 Å². The van der Waals surface area contributed by atoms with Crippen LogP contribution in [0, 0.1) is 6.92 Å². The Hall–Kier alpha value is -3.27. The van der Waals surface area contributed by atoms with Crippen LogP contribution in [0.15, 0.2) is 77.9 Å². The van der Waals surface area contributed by atoms with Crippen molar-refractivity contribution in [1.29, 1.82) is 0 Å². The summed E-state index contributed by atoms with van der Waals surface area (Å²) in [4.78, 5) is 0. The summed E-state index contributed by atoms with van der Waals surface area (Å²) in [5, 5.41) is 4.29. The monoisotopic (exact) mass is 360 g/mol. The molecule has 0 atom stereocenters. The first-order valence-electron chi connectivity index (χ1n) is 9.04. The highest BCUT2D eigenvalue weighted by Crippen LogP contribution is 2.29. The van der Waals surface area contributed by atoms with Gasteiger partial charge in [-0.25, -0.2) is 0 Å². The standard InChI is InChI=1S/C23H24N2O2/c1-3-26-23-15-20(16-24-25-21-12-9-18(2)10-13-21)11-14-22(23)27-17-19-7-5-4-6-8-19/h4-16,25H,3,17H2,1-2H3/b24-16+. The number of aryl methyl sites for hydroxylation is 1. The van der Waals surface area contributed by atoms with Gasteiger partial charge in [0.15, 0.2) is 11.5 Å². The molecule has 0 aliphatic heterocycles. The summed E-state index contributed by atoms with van der Waals surface area (Å²) in [6.07, 6.45) is 1.77. The van der Waals surface area contributed by atoms with Crippen LogP contribution in [0.4, 0.5) is 5.69 Å². The lowest BCUT2D eigenvalue weighted by Gasteiger charge is -2.12. The summed E-state index contributed by atoms with van der Waals surface area (Å²) in [6, 6.07) is 24.0. The van der Waals surface area contributed by atoms with Crippen molar-refractivity contribution in [3.8, 4) is 11.5 Å². The zero-order chi connectivity index (χ0) is 18.9. The van der Waals surface area contributed by atoms with E-state index in [0.29, 0.717) is 19.0 Å². The van der Waals surface area contributed by atoms with Gasteiger partial charge in [-0.1, -0.05) is 48.0 Å². The molecule has 0 saturated heterocycles. The van der Waals surface area contributed by atoms with Gasteiger partial charge in [-0.05, 0) is 55.3 Å². The summed E-state index contributed by atoms with van der Waals surface area (Å²) in [7, 11) is 0. The van der Waals surface area contributed by atoms with Crippen LogP contribution in [-0.2, 0) is 6.61 Å². The van der Waals surface area contributed by atoms with Gasteiger partial charge in [0.25, 0.3) is 0 Å². The van der Waals surface area contributed by atoms with Crippen LogP contribution >= 0.6 is 0 Å². The number of hydrogen-bond donors (Lipinski definition) is 1. The lowest BCUT2D eigenvalue weighted by Crippen LogP contribution is -2.00.